The van der Waals surface area contributed by atoms with E-state index in [-0.39, 0.29) is 29.1 Å². The molecule has 1 fully saturated rings. The van der Waals surface area contributed by atoms with E-state index < -0.39 is 10.0 Å². The highest BCUT2D eigenvalue weighted by molar-refractivity contribution is 7.92. The van der Waals surface area contributed by atoms with Crippen molar-refractivity contribution in [3.05, 3.63) is 76.5 Å². The van der Waals surface area contributed by atoms with E-state index in [1.807, 2.05) is 30.0 Å². The van der Waals surface area contributed by atoms with Gasteiger partial charge in [0.25, 0.3) is 10.0 Å². The summed E-state index contributed by atoms with van der Waals surface area (Å²) in [4.78, 5) is 23.7. The lowest BCUT2D eigenvalue weighted by Gasteiger charge is -2.41. The van der Waals surface area contributed by atoms with Crippen LogP contribution in [-0.2, 0) is 21.2 Å². The third kappa shape index (κ3) is 5.55. The van der Waals surface area contributed by atoms with E-state index in [2.05, 4.69) is 19.5 Å². The second-order valence-electron chi connectivity index (χ2n) is 9.50. The van der Waals surface area contributed by atoms with E-state index >= 15 is 0 Å². The average Bonchev–Trinajstić information content (AvgIpc) is 2.93. The van der Waals surface area contributed by atoms with Gasteiger partial charge in [0.2, 0.25) is 5.91 Å². The molecule has 0 spiro atoms. The van der Waals surface area contributed by atoms with Crippen molar-refractivity contribution in [2.24, 2.45) is 0 Å². The van der Waals surface area contributed by atoms with Crippen LogP contribution in [0.3, 0.4) is 0 Å². The van der Waals surface area contributed by atoms with Gasteiger partial charge in [-0.25, -0.2) is 13.4 Å². The first kappa shape index (κ1) is 26.6. The molecule has 1 aromatic heterocycles. The van der Waals surface area contributed by atoms with Crippen LogP contribution in [0.4, 0.5) is 17.1 Å². The van der Waals surface area contributed by atoms with E-state index in [0.29, 0.717) is 26.2 Å². The van der Waals surface area contributed by atoms with E-state index in [4.69, 9.17) is 23.2 Å². The standard InChI is InChI=1S/C27H29Cl2N5O3S.H2/c1-19(34-13-3-4-20-18-21(28)6-11-25(20)34)27(35)33-16-14-32(15-17-33)22-7-9-23(10-8-22)38(36,37)31-24-5-2-12-30-26(24)29;/h2,5-12,18-19,31H,3-4,13-17H2,1H3;1H/t19-;/m1./s1. The van der Waals surface area contributed by atoms with Crippen LogP contribution in [0.5, 0.6) is 0 Å². The predicted octanol–water partition coefficient (Wildman–Crippen LogP) is 4.93. The van der Waals surface area contributed by atoms with E-state index in [0.717, 1.165) is 35.8 Å². The Balaban J connectivity index is 0.00000353. The molecule has 1 amide bonds. The number of carbonyl (C=O) groups excluding carboxylic acids is 1. The number of sulfonamides is 1. The van der Waals surface area contributed by atoms with Crippen molar-refractivity contribution >= 4 is 56.2 Å². The molecule has 1 saturated heterocycles. The zero-order valence-electron chi connectivity index (χ0n) is 21.0. The number of hydrogen-bond acceptors (Lipinski definition) is 6. The van der Waals surface area contributed by atoms with Crippen LogP contribution in [0.25, 0.3) is 0 Å². The Hall–Kier alpha value is -3.01. The lowest BCUT2D eigenvalue weighted by molar-refractivity contribution is -0.132. The van der Waals surface area contributed by atoms with E-state index in [1.54, 1.807) is 36.4 Å². The van der Waals surface area contributed by atoms with E-state index in [9.17, 15) is 13.2 Å². The van der Waals surface area contributed by atoms with Crippen LogP contribution in [-0.4, -0.2) is 63.0 Å². The Bertz CT molecular complexity index is 1430. The van der Waals surface area contributed by atoms with Crippen LogP contribution in [0, 0.1) is 0 Å². The first-order valence-electron chi connectivity index (χ1n) is 12.5. The molecule has 0 saturated carbocycles. The summed E-state index contributed by atoms with van der Waals surface area (Å²) >= 11 is 12.2. The summed E-state index contributed by atoms with van der Waals surface area (Å²) in [6.45, 7) is 5.36. The van der Waals surface area contributed by atoms with Crippen LogP contribution < -0.4 is 14.5 Å². The SMILES string of the molecule is C[C@H](C(=O)N1CCN(c2ccc(S(=O)(=O)Nc3cccnc3Cl)cc2)CC1)N1CCCc2cc(Cl)ccc21.[HH]. The summed E-state index contributed by atoms with van der Waals surface area (Å²) in [6, 6.07) is 15.5. The number of halogens is 2. The Morgan fingerprint density at radius 2 is 1.76 bits per heavy atom. The molecule has 5 rings (SSSR count). The summed E-state index contributed by atoms with van der Waals surface area (Å²) in [5.41, 5.74) is 3.42. The highest BCUT2D eigenvalue weighted by Gasteiger charge is 2.31. The Labute approximate surface area is 234 Å². The lowest BCUT2D eigenvalue weighted by Crippen LogP contribution is -2.55. The molecule has 11 heteroatoms. The van der Waals surface area contributed by atoms with Crippen molar-refractivity contribution in [3.63, 3.8) is 0 Å². The van der Waals surface area contributed by atoms with Crippen molar-refractivity contribution in [2.45, 2.75) is 30.7 Å². The molecule has 3 aromatic rings. The molecule has 2 aliphatic heterocycles. The summed E-state index contributed by atoms with van der Waals surface area (Å²) in [7, 11) is -3.81. The smallest absolute Gasteiger partial charge is 0.261 e. The number of benzene rings is 2. The zero-order valence-corrected chi connectivity index (χ0v) is 23.3. The molecule has 0 aliphatic carbocycles. The van der Waals surface area contributed by atoms with Crippen molar-refractivity contribution in [1.29, 1.82) is 0 Å². The maximum absolute atomic E-state index is 13.4. The summed E-state index contributed by atoms with van der Waals surface area (Å²) in [5.74, 6) is 0.119. The van der Waals surface area contributed by atoms with E-state index in [1.165, 1.54) is 11.8 Å². The number of pyridine rings is 1. The lowest BCUT2D eigenvalue weighted by atomic mass is 10.00. The molecular formula is C27H31Cl2N5O3S. The Kier molecular flexibility index (Phi) is 7.70. The molecule has 2 aliphatic rings. The maximum Gasteiger partial charge on any atom is 0.261 e. The number of carbonyl (C=O) groups is 1. The summed E-state index contributed by atoms with van der Waals surface area (Å²) in [6.07, 6.45) is 3.46. The minimum absolute atomic E-state index is 0. The minimum atomic E-state index is -3.81. The molecule has 2 aromatic carbocycles. The fourth-order valence-electron chi connectivity index (χ4n) is 5.08. The van der Waals surface area contributed by atoms with Crippen LogP contribution in [0.2, 0.25) is 10.2 Å². The van der Waals surface area contributed by atoms with Crippen molar-refractivity contribution < 1.29 is 14.6 Å². The van der Waals surface area contributed by atoms with Gasteiger partial charge in [0, 0.05) is 56.7 Å². The van der Waals surface area contributed by atoms with Gasteiger partial charge in [-0.15, -0.1) is 0 Å². The number of piperazine rings is 1. The van der Waals surface area contributed by atoms with Gasteiger partial charge in [-0.2, -0.15) is 0 Å². The molecule has 8 nitrogen and oxygen atoms in total. The third-order valence-corrected chi connectivity index (χ3v) is 9.05. The number of hydrogen-bond donors (Lipinski definition) is 1. The van der Waals surface area contributed by atoms with Gasteiger partial charge < -0.3 is 14.7 Å². The second kappa shape index (κ2) is 11.0. The molecule has 202 valence electrons. The van der Waals surface area contributed by atoms with Gasteiger partial charge in [0.15, 0.2) is 5.15 Å². The zero-order chi connectivity index (χ0) is 26.9. The predicted molar refractivity (Wildman–Crippen MR) is 154 cm³/mol. The molecular weight excluding hydrogens is 545 g/mol. The van der Waals surface area contributed by atoms with Crippen LogP contribution >= 0.6 is 23.2 Å². The summed E-state index contributed by atoms with van der Waals surface area (Å²) in [5, 5.41) is 0.809. The number of aromatic nitrogens is 1. The molecule has 1 atom stereocenters. The number of nitrogens with one attached hydrogen (secondary N) is 1. The Morgan fingerprint density at radius 3 is 2.47 bits per heavy atom. The molecule has 0 radical (unpaired) electrons. The van der Waals surface area contributed by atoms with Crippen molar-refractivity contribution in [1.82, 2.24) is 9.88 Å². The largest absolute Gasteiger partial charge is 0.368 e. The van der Waals surface area contributed by atoms with Gasteiger partial charge in [-0.3, -0.25) is 9.52 Å². The molecule has 1 N–H and O–H groups in total. The number of anilines is 3. The average molecular weight is 577 g/mol. The highest BCUT2D eigenvalue weighted by atomic mass is 35.5. The second-order valence-corrected chi connectivity index (χ2v) is 12.0. The highest BCUT2D eigenvalue weighted by Crippen LogP contribution is 2.32. The minimum Gasteiger partial charge on any atom is -0.368 e. The number of nitrogens with zero attached hydrogens (tertiary/aromatic N) is 4. The van der Waals surface area contributed by atoms with Crippen molar-refractivity contribution in [3.8, 4) is 0 Å². The summed E-state index contributed by atoms with van der Waals surface area (Å²) < 4.78 is 28.0. The fourth-order valence-corrected chi connectivity index (χ4v) is 6.57. The fraction of sp³-hybridized carbons (Fsp3) is 0.333. The van der Waals surface area contributed by atoms with Gasteiger partial charge in [-0.05, 0) is 79.9 Å². The molecule has 3 heterocycles. The number of aryl methyl sites for hydroxylation is 1. The van der Waals surface area contributed by atoms with Gasteiger partial charge >= 0.3 is 0 Å². The maximum atomic E-state index is 13.4. The topological polar surface area (TPSA) is 85.8 Å². The van der Waals surface area contributed by atoms with Crippen molar-refractivity contribution in [2.75, 3.05) is 47.2 Å². The van der Waals surface area contributed by atoms with Gasteiger partial charge in [0.05, 0.1) is 10.6 Å². The Morgan fingerprint density at radius 1 is 1.03 bits per heavy atom. The monoisotopic (exact) mass is 575 g/mol. The number of amides is 1. The quantitative estimate of drug-likeness (QED) is 0.419. The molecule has 38 heavy (non-hydrogen) atoms. The normalized spacial score (nSPS) is 16.7. The van der Waals surface area contributed by atoms with Crippen LogP contribution in [0.1, 0.15) is 20.3 Å². The molecule has 0 bridgehead atoms. The third-order valence-electron chi connectivity index (χ3n) is 7.13. The first-order valence-corrected chi connectivity index (χ1v) is 14.8. The van der Waals surface area contributed by atoms with Gasteiger partial charge in [0.1, 0.15) is 6.04 Å². The first-order chi connectivity index (χ1) is 18.2. The number of fused-ring (bicyclic) bond motifs is 1. The molecule has 0 unspecified atom stereocenters. The van der Waals surface area contributed by atoms with Crippen LogP contribution in [0.15, 0.2) is 65.7 Å². The van der Waals surface area contributed by atoms with Gasteiger partial charge in [-0.1, -0.05) is 23.2 Å². The number of rotatable bonds is 6.